The van der Waals surface area contributed by atoms with Crippen LogP contribution in [-0.2, 0) is 16.0 Å². The summed E-state index contributed by atoms with van der Waals surface area (Å²) in [6, 6.07) is 7.76. The fourth-order valence-corrected chi connectivity index (χ4v) is 1.91. The first-order valence-corrected chi connectivity index (χ1v) is 5.97. The fourth-order valence-electron chi connectivity index (χ4n) is 1.91. The van der Waals surface area contributed by atoms with E-state index in [9.17, 15) is 4.79 Å². The maximum absolute atomic E-state index is 11.2. The van der Waals surface area contributed by atoms with E-state index in [1.54, 1.807) is 0 Å². The van der Waals surface area contributed by atoms with Gasteiger partial charge in [-0.15, -0.1) is 0 Å². The first kappa shape index (κ1) is 13.7. The van der Waals surface area contributed by atoms with E-state index in [1.807, 2.05) is 12.1 Å². The number of methoxy groups -OCH3 is 1. The Morgan fingerprint density at radius 1 is 1.35 bits per heavy atom. The Bertz CT molecular complexity index is 374. The van der Waals surface area contributed by atoms with Gasteiger partial charge in [0.15, 0.2) is 0 Å². The third-order valence-electron chi connectivity index (χ3n) is 2.91. The number of aryl methyl sites for hydroxylation is 1. The van der Waals surface area contributed by atoms with Gasteiger partial charge in [-0.1, -0.05) is 38.1 Å². The minimum absolute atomic E-state index is 0.341. The number of carbonyl (C=O) groups is 1. The average molecular weight is 235 g/mol. The highest BCUT2D eigenvalue weighted by molar-refractivity contribution is 5.75. The maximum atomic E-state index is 11.2. The molecule has 0 fully saturated rings. The van der Waals surface area contributed by atoms with Crippen molar-refractivity contribution >= 4 is 5.97 Å². The van der Waals surface area contributed by atoms with Gasteiger partial charge in [0.2, 0.25) is 0 Å². The molecule has 0 saturated carbocycles. The Morgan fingerprint density at radius 3 is 2.59 bits per heavy atom. The quantitative estimate of drug-likeness (QED) is 0.796. The molecule has 0 bridgehead atoms. The summed E-state index contributed by atoms with van der Waals surface area (Å²) < 4.78 is 4.61. The number of ether oxygens (including phenoxy) is 1. The van der Waals surface area contributed by atoms with Crippen LogP contribution in [0.2, 0.25) is 0 Å². The molecule has 0 aliphatic heterocycles. The lowest BCUT2D eigenvalue weighted by molar-refractivity contribution is -0.142. The molecule has 17 heavy (non-hydrogen) atoms. The van der Waals surface area contributed by atoms with Gasteiger partial charge < -0.3 is 10.5 Å². The molecule has 1 aromatic rings. The predicted molar refractivity (Wildman–Crippen MR) is 68.8 cm³/mol. The molecule has 0 radical (unpaired) electrons. The molecule has 0 aromatic heterocycles. The summed E-state index contributed by atoms with van der Waals surface area (Å²) in [6.07, 6.45) is 1.43. The molecule has 3 nitrogen and oxygen atoms in total. The van der Waals surface area contributed by atoms with Gasteiger partial charge in [-0.05, 0) is 29.9 Å². The first-order chi connectivity index (χ1) is 8.06. The molecule has 1 atom stereocenters. The highest BCUT2D eigenvalue weighted by Gasteiger charge is 2.14. The summed E-state index contributed by atoms with van der Waals surface area (Å²) in [7, 11) is 1.37. The summed E-state index contributed by atoms with van der Waals surface area (Å²) in [5, 5.41) is 0. The van der Waals surface area contributed by atoms with Crippen LogP contribution in [0.5, 0.6) is 0 Å². The van der Waals surface area contributed by atoms with E-state index in [0.29, 0.717) is 12.3 Å². The van der Waals surface area contributed by atoms with Gasteiger partial charge in [-0.2, -0.15) is 0 Å². The largest absolute Gasteiger partial charge is 0.468 e. The lowest BCUT2D eigenvalue weighted by atomic mass is 9.93. The van der Waals surface area contributed by atoms with Crippen molar-refractivity contribution in [2.24, 2.45) is 5.73 Å². The van der Waals surface area contributed by atoms with Gasteiger partial charge in [0.25, 0.3) is 0 Å². The second kappa shape index (κ2) is 6.40. The molecule has 0 saturated heterocycles. The van der Waals surface area contributed by atoms with Gasteiger partial charge in [-0.25, -0.2) is 0 Å². The molecule has 1 unspecified atom stereocenters. The zero-order valence-corrected chi connectivity index (χ0v) is 10.8. The van der Waals surface area contributed by atoms with Crippen molar-refractivity contribution in [3.63, 3.8) is 0 Å². The molecule has 0 spiro atoms. The summed E-state index contributed by atoms with van der Waals surface area (Å²) in [6.45, 7) is 4.33. The number of carbonyl (C=O) groups excluding carboxylic acids is 1. The molecule has 0 aliphatic carbocycles. The molecule has 0 amide bonds. The summed E-state index contributed by atoms with van der Waals surface area (Å²) in [4.78, 5) is 11.2. The minimum Gasteiger partial charge on any atom is -0.468 e. The molecule has 1 aromatic carbocycles. The Kier molecular flexibility index (Phi) is 5.16. The fraction of sp³-hybridized carbons (Fsp3) is 0.500. The summed E-state index contributed by atoms with van der Waals surface area (Å²) in [5.41, 5.74) is 8.32. The zero-order valence-electron chi connectivity index (χ0n) is 10.8. The monoisotopic (exact) mass is 235 g/mol. The van der Waals surface area contributed by atoms with E-state index in [0.717, 1.165) is 6.42 Å². The highest BCUT2D eigenvalue weighted by Crippen LogP contribution is 2.20. The lowest BCUT2D eigenvalue weighted by Crippen LogP contribution is -2.32. The van der Waals surface area contributed by atoms with E-state index in [4.69, 9.17) is 5.73 Å². The first-order valence-electron chi connectivity index (χ1n) is 5.97. The van der Waals surface area contributed by atoms with E-state index in [1.165, 1.54) is 18.2 Å². The number of nitrogens with two attached hydrogens (primary N) is 1. The Hall–Kier alpha value is -1.35. The number of hydrogen-bond donors (Lipinski definition) is 1. The molecule has 94 valence electrons. The topological polar surface area (TPSA) is 52.3 Å². The van der Waals surface area contributed by atoms with Crippen molar-refractivity contribution in [1.29, 1.82) is 0 Å². The van der Waals surface area contributed by atoms with Crippen LogP contribution in [0.15, 0.2) is 24.3 Å². The third-order valence-corrected chi connectivity index (χ3v) is 2.91. The Labute approximate surface area is 103 Å². The number of hydrogen-bond acceptors (Lipinski definition) is 3. The summed E-state index contributed by atoms with van der Waals surface area (Å²) in [5.74, 6) is 0.146. The SMILES string of the molecule is COC(=O)C(N)CCc1ccccc1C(C)C. The van der Waals surface area contributed by atoms with E-state index < -0.39 is 6.04 Å². The molecule has 3 heteroatoms. The van der Waals surface area contributed by atoms with Crippen molar-refractivity contribution in [1.82, 2.24) is 0 Å². The van der Waals surface area contributed by atoms with Crippen molar-refractivity contribution in [3.05, 3.63) is 35.4 Å². The van der Waals surface area contributed by atoms with E-state index >= 15 is 0 Å². The standard InChI is InChI=1S/C14H21NO2/c1-10(2)12-7-5-4-6-11(12)8-9-13(15)14(16)17-3/h4-7,10,13H,8-9,15H2,1-3H3. The van der Waals surface area contributed by atoms with Gasteiger partial charge >= 0.3 is 5.97 Å². The van der Waals surface area contributed by atoms with Crippen molar-refractivity contribution in [3.8, 4) is 0 Å². The molecular weight excluding hydrogens is 214 g/mol. The van der Waals surface area contributed by atoms with Crippen LogP contribution in [0.25, 0.3) is 0 Å². The van der Waals surface area contributed by atoms with Crippen LogP contribution in [0.1, 0.15) is 37.3 Å². The lowest BCUT2D eigenvalue weighted by Gasteiger charge is -2.14. The average Bonchev–Trinajstić information content (AvgIpc) is 2.35. The van der Waals surface area contributed by atoms with E-state index in [2.05, 4.69) is 30.7 Å². The zero-order chi connectivity index (χ0) is 12.8. The van der Waals surface area contributed by atoms with Crippen LogP contribution >= 0.6 is 0 Å². The number of esters is 1. The smallest absolute Gasteiger partial charge is 0.322 e. The van der Waals surface area contributed by atoms with Crippen molar-refractivity contribution in [2.75, 3.05) is 7.11 Å². The molecular formula is C14H21NO2. The second-order valence-electron chi connectivity index (χ2n) is 4.52. The maximum Gasteiger partial charge on any atom is 0.322 e. The van der Waals surface area contributed by atoms with Crippen molar-refractivity contribution in [2.45, 2.75) is 38.6 Å². The van der Waals surface area contributed by atoms with Crippen molar-refractivity contribution < 1.29 is 9.53 Å². The van der Waals surface area contributed by atoms with Crippen LogP contribution < -0.4 is 5.73 Å². The second-order valence-corrected chi connectivity index (χ2v) is 4.52. The summed E-state index contributed by atoms with van der Waals surface area (Å²) >= 11 is 0. The number of benzene rings is 1. The predicted octanol–water partition coefficient (Wildman–Crippen LogP) is 2.24. The van der Waals surface area contributed by atoms with Gasteiger partial charge in [-0.3, -0.25) is 4.79 Å². The van der Waals surface area contributed by atoms with E-state index in [-0.39, 0.29) is 5.97 Å². The van der Waals surface area contributed by atoms with Gasteiger partial charge in [0.1, 0.15) is 6.04 Å². The van der Waals surface area contributed by atoms with Crippen LogP contribution in [0.4, 0.5) is 0 Å². The molecule has 0 aliphatic rings. The molecule has 1 rings (SSSR count). The van der Waals surface area contributed by atoms with Crippen LogP contribution in [0.3, 0.4) is 0 Å². The Morgan fingerprint density at radius 2 is 2.00 bits per heavy atom. The third kappa shape index (κ3) is 3.86. The number of rotatable bonds is 5. The highest BCUT2D eigenvalue weighted by atomic mass is 16.5. The minimum atomic E-state index is -0.528. The Balaban J connectivity index is 2.66. The normalized spacial score (nSPS) is 12.5. The van der Waals surface area contributed by atoms with Gasteiger partial charge in [0, 0.05) is 0 Å². The molecule has 0 heterocycles. The van der Waals surface area contributed by atoms with Crippen LogP contribution in [-0.4, -0.2) is 19.1 Å². The van der Waals surface area contributed by atoms with Gasteiger partial charge in [0.05, 0.1) is 7.11 Å². The molecule has 2 N–H and O–H groups in total. The van der Waals surface area contributed by atoms with Crippen LogP contribution in [0, 0.1) is 0 Å².